The number of alkyl halides is 3. The quantitative estimate of drug-likeness (QED) is 0.527. The van der Waals surface area contributed by atoms with E-state index in [4.69, 9.17) is 15.9 Å². The van der Waals surface area contributed by atoms with Crippen LogP contribution in [0.25, 0.3) is 0 Å². The summed E-state index contributed by atoms with van der Waals surface area (Å²) >= 11 is 0. The summed E-state index contributed by atoms with van der Waals surface area (Å²) in [5.74, 6) is 1.51. The van der Waals surface area contributed by atoms with Crippen LogP contribution in [0.15, 0.2) is 24.0 Å². The second kappa shape index (κ2) is 8.67. The number of nitrogen functional groups attached to an aromatic ring is 1. The van der Waals surface area contributed by atoms with E-state index in [0.717, 1.165) is 44.4 Å². The minimum absolute atomic E-state index is 0.00905. The molecule has 3 aliphatic rings. The van der Waals surface area contributed by atoms with Gasteiger partial charge in [-0.2, -0.15) is 13.2 Å². The van der Waals surface area contributed by atoms with E-state index in [1.54, 1.807) is 6.08 Å². The molecule has 6 nitrogen and oxygen atoms in total. The van der Waals surface area contributed by atoms with Crippen molar-refractivity contribution in [3.63, 3.8) is 0 Å². The van der Waals surface area contributed by atoms with Crippen molar-refractivity contribution >= 4 is 11.5 Å². The number of nitrogens with one attached hydrogen (secondary N) is 2. The van der Waals surface area contributed by atoms with Gasteiger partial charge in [-0.15, -0.1) is 0 Å². The zero-order chi connectivity index (χ0) is 23.2. The molecular formula is C23H32F3N5O. The number of allylic oxidation sites excluding steroid dienone is 2. The molecule has 0 aromatic carbocycles. The van der Waals surface area contributed by atoms with Crippen LogP contribution in [0.5, 0.6) is 0 Å². The van der Waals surface area contributed by atoms with Crippen molar-refractivity contribution in [2.45, 2.75) is 44.9 Å². The summed E-state index contributed by atoms with van der Waals surface area (Å²) < 4.78 is 44.9. The summed E-state index contributed by atoms with van der Waals surface area (Å²) in [6.07, 6.45) is 0.549. The van der Waals surface area contributed by atoms with Gasteiger partial charge in [-0.1, -0.05) is 0 Å². The Bertz CT molecular complexity index is 884. The Morgan fingerprint density at radius 2 is 2.00 bits per heavy atom. The zero-order valence-corrected chi connectivity index (χ0v) is 18.7. The molecule has 0 bridgehead atoms. The Kier molecular flexibility index (Phi) is 6.24. The first-order valence-electron chi connectivity index (χ1n) is 11.2. The topological polar surface area (TPSA) is 87.3 Å². The number of nitrogens with zero attached hydrogens (tertiary/aromatic N) is 2. The molecule has 4 N–H and O–H groups in total. The van der Waals surface area contributed by atoms with Gasteiger partial charge in [-0.3, -0.25) is 0 Å². The Morgan fingerprint density at radius 3 is 2.53 bits per heavy atom. The minimum Gasteiger partial charge on any atom is -0.386 e. The van der Waals surface area contributed by atoms with Crippen LogP contribution in [-0.4, -0.2) is 54.5 Å². The molecule has 3 fully saturated rings. The van der Waals surface area contributed by atoms with E-state index in [1.807, 2.05) is 13.8 Å². The number of nitrogens with two attached hydrogens (primary N) is 1. The van der Waals surface area contributed by atoms with Gasteiger partial charge in [0.2, 0.25) is 0 Å². The molecule has 1 aliphatic heterocycles. The van der Waals surface area contributed by atoms with E-state index in [9.17, 15) is 13.2 Å². The van der Waals surface area contributed by atoms with Crippen molar-refractivity contribution in [3.05, 3.63) is 35.2 Å². The highest BCUT2D eigenvalue weighted by Crippen LogP contribution is 2.61. The molecule has 9 heteroatoms. The van der Waals surface area contributed by atoms with Gasteiger partial charge in [-0.25, -0.2) is 4.98 Å². The summed E-state index contributed by atoms with van der Waals surface area (Å²) in [5, 5.41) is 11.9. The molecular weight excluding hydrogens is 419 g/mol. The normalized spacial score (nSPS) is 28.1. The van der Waals surface area contributed by atoms with Crippen molar-refractivity contribution in [2.24, 2.45) is 23.7 Å². The lowest BCUT2D eigenvalue weighted by molar-refractivity contribution is -0.137. The van der Waals surface area contributed by atoms with Crippen LogP contribution in [0.2, 0.25) is 0 Å². The van der Waals surface area contributed by atoms with Crippen LogP contribution in [0.1, 0.15) is 37.8 Å². The summed E-state index contributed by atoms with van der Waals surface area (Å²) in [6, 6.07) is 1.65. The molecule has 0 amide bonds. The molecule has 0 spiro atoms. The fraction of sp³-hybridized carbons (Fsp3) is 0.652. The van der Waals surface area contributed by atoms with Gasteiger partial charge in [0.15, 0.2) is 0 Å². The first kappa shape index (κ1) is 23.0. The third-order valence-corrected chi connectivity index (χ3v) is 6.95. The fourth-order valence-electron chi connectivity index (χ4n) is 5.24. The number of aromatic nitrogens is 1. The molecule has 1 saturated heterocycles. The van der Waals surface area contributed by atoms with E-state index in [-0.39, 0.29) is 17.3 Å². The van der Waals surface area contributed by atoms with Gasteiger partial charge in [-0.05, 0) is 57.7 Å². The van der Waals surface area contributed by atoms with Crippen LogP contribution in [-0.2, 0) is 10.9 Å². The molecule has 2 aliphatic carbocycles. The molecule has 1 aromatic rings. The van der Waals surface area contributed by atoms with Crippen molar-refractivity contribution < 1.29 is 17.9 Å². The second-order valence-corrected chi connectivity index (χ2v) is 9.79. The number of hydrogen-bond donors (Lipinski definition) is 3. The molecule has 0 radical (unpaired) electrons. The van der Waals surface area contributed by atoms with E-state index >= 15 is 0 Å². The minimum atomic E-state index is -4.60. The standard InChI is InChI=1S/C23H32F3N5O/c1-12(2)30-20(7-19(27)14-4-18(23(24,25)26)22(28)29-8-14)21-16-5-15(6-17(16)21)31(3)9-13-10-32-11-13/h4,7-8,12-13,15-17,21,27,30H,5-6,9-11H2,1-3H3,(H2,28,29)/b20-7-,27-19?/t15-,16+,17-,21-. The Balaban J connectivity index is 1.45. The molecule has 0 unspecified atom stereocenters. The Labute approximate surface area is 186 Å². The lowest BCUT2D eigenvalue weighted by atomic mass is 9.99. The lowest BCUT2D eigenvalue weighted by Gasteiger charge is -2.34. The van der Waals surface area contributed by atoms with Gasteiger partial charge in [0.1, 0.15) is 5.82 Å². The number of fused-ring (bicyclic) bond motifs is 1. The zero-order valence-electron chi connectivity index (χ0n) is 18.7. The van der Waals surface area contributed by atoms with Gasteiger partial charge in [0.25, 0.3) is 0 Å². The first-order valence-corrected chi connectivity index (χ1v) is 11.2. The van der Waals surface area contributed by atoms with Crippen molar-refractivity contribution in [3.8, 4) is 0 Å². The highest BCUT2D eigenvalue weighted by Gasteiger charge is 2.58. The lowest BCUT2D eigenvalue weighted by Crippen LogP contribution is -2.42. The average molecular weight is 452 g/mol. The summed E-state index contributed by atoms with van der Waals surface area (Å²) in [5.41, 5.74) is 5.46. The highest BCUT2D eigenvalue weighted by atomic mass is 19.4. The van der Waals surface area contributed by atoms with Crippen LogP contribution in [0.3, 0.4) is 0 Å². The van der Waals surface area contributed by atoms with E-state index < -0.39 is 17.6 Å². The molecule has 176 valence electrons. The van der Waals surface area contributed by atoms with E-state index in [1.165, 1.54) is 6.20 Å². The fourth-order valence-corrected chi connectivity index (χ4v) is 5.24. The van der Waals surface area contributed by atoms with Crippen molar-refractivity contribution in [1.29, 1.82) is 5.41 Å². The van der Waals surface area contributed by atoms with E-state index in [0.29, 0.717) is 29.7 Å². The molecule has 4 rings (SSSR count). The molecule has 32 heavy (non-hydrogen) atoms. The molecule has 4 atom stereocenters. The number of ether oxygens (including phenoxy) is 1. The SMILES string of the molecule is CC(C)N/C(=C\C(=N)c1cnc(N)c(C(F)(F)F)c1)[C@H]1[C@@H]2C[C@H](N(C)CC3COC3)C[C@@H]21. The highest BCUT2D eigenvalue weighted by molar-refractivity contribution is 6.07. The van der Waals surface area contributed by atoms with Gasteiger partial charge < -0.3 is 26.1 Å². The summed E-state index contributed by atoms with van der Waals surface area (Å²) in [6.45, 7) is 6.84. The van der Waals surface area contributed by atoms with Crippen molar-refractivity contribution in [1.82, 2.24) is 15.2 Å². The van der Waals surface area contributed by atoms with Crippen LogP contribution >= 0.6 is 0 Å². The maximum absolute atomic E-state index is 13.2. The number of rotatable bonds is 8. The number of hydrogen-bond acceptors (Lipinski definition) is 6. The largest absolute Gasteiger partial charge is 0.419 e. The predicted molar refractivity (Wildman–Crippen MR) is 117 cm³/mol. The first-order chi connectivity index (χ1) is 15.0. The van der Waals surface area contributed by atoms with Crippen LogP contribution in [0.4, 0.5) is 19.0 Å². The van der Waals surface area contributed by atoms with Gasteiger partial charge in [0.05, 0.1) is 24.5 Å². The maximum atomic E-state index is 13.2. The maximum Gasteiger partial charge on any atom is 0.419 e. The number of anilines is 1. The van der Waals surface area contributed by atoms with Gasteiger partial charge >= 0.3 is 6.18 Å². The smallest absolute Gasteiger partial charge is 0.386 e. The Hall–Kier alpha value is -2.13. The molecule has 2 heterocycles. The third-order valence-electron chi connectivity index (χ3n) is 6.95. The number of pyridine rings is 1. The van der Waals surface area contributed by atoms with Crippen LogP contribution in [0, 0.1) is 29.1 Å². The van der Waals surface area contributed by atoms with E-state index in [2.05, 4.69) is 22.2 Å². The summed E-state index contributed by atoms with van der Waals surface area (Å²) in [7, 11) is 2.19. The van der Waals surface area contributed by atoms with Crippen LogP contribution < -0.4 is 11.1 Å². The van der Waals surface area contributed by atoms with Crippen molar-refractivity contribution in [2.75, 3.05) is 32.5 Å². The average Bonchev–Trinajstić information content (AvgIpc) is 3.16. The molecule has 1 aromatic heterocycles. The molecule has 2 saturated carbocycles. The van der Waals surface area contributed by atoms with Gasteiger partial charge in [0, 0.05) is 47.9 Å². The third kappa shape index (κ3) is 4.78. The summed E-state index contributed by atoms with van der Waals surface area (Å²) in [4.78, 5) is 6.12. The number of halogens is 3. The Morgan fingerprint density at radius 1 is 1.34 bits per heavy atom. The second-order valence-electron chi connectivity index (χ2n) is 9.79. The monoisotopic (exact) mass is 451 g/mol. The predicted octanol–water partition coefficient (Wildman–Crippen LogP) is 3.54.